The molecule has 0 fully saturated rings. The molecule has 2 aromatic rings. The van der Waals surface area contributed by atoms with Gasteiger partial charge in [0, 0.05) is 17.1 Å². The number of carbonyl (C=O) groups is 1. The van der Waals surface area contributed by atoms with Gasteiger partial charge in [-0.3, -0.25) is 4.79 Å². The molecule has 0 saturated carbocycles. The van der Waals surface area contributed by atoms with Crippen LogP contribution in [0.4, 0.5) is 4.39 Å². The zero-order chi connectivity index (χ0) is 13.8. The van der Waals surface area contributed by atoms with E-state index in [1.54, 1.807) is 0 Å². The fourth-order valence-corrected chi connectivity index (χ4v) is 2.02. The molecule has 0 aliphatic heterocycles. The molecule has 0 bridgehead atoms. The second-order valence-electron chi connectivity index (χ2n) is 3.78. The lowest BCUT2D eigenvalue weighted by molar-refractivity contribution is -0.122. The van der Waals surface area contributed by atoms with Crippen LogP contribution in [0, 0.1) is 5.82 Å². The lowest BCUT2D eigenvalue weighted by Gasteiger charge is -1.98. The largest absolute Gasteiger partial charge is 0.377 e. The Bertz CT molecular complexity index is 600. The van der Waals surface area contributed by atoms with Gasteiger partial charge in [0.2, 0.25) is 11.7 Å². The van der Waals surface area contributed by atoms with Crippen LogP contribution in [-0.4, -0.2) is 29.6 Å². The quantitative estimate of drug-likeness (QED) is 0.843. The second kappa shape index (κ2) is 6.03. The minimum Gasteiger partial charge on any atom is -0.377 e. The SMILES string of the molecule is COCC(=O)Cc1nc(-c2ccc(F)cc2Br)no1. The van der Waals surface area contributed by atoms with Crippen molar-refractivity contribution in [3.63, 3.8) is 0 Å². The first kappa shape index (κ1) is 13.8. The van der Waals surface area contributed by atoms with Crippen molar-refractivity contribution < 1.29 is 18.4 Å². The molecule has 1 aromatic heterocycles. The summed E-state index contributed by atoms with van der Waals surface area (Å²) >= 11 is 3.22. The zero-order valence-corrected chi connectivity index (χ0v) is 11.6. The molecular weight excluding hydrogens is 319 g/mol. The van der Waals surface area contributed by atoms with Gasteiger partial charge in [-0.25, -0.2) is 4.39 Å². The van der Waals surface area contributed by atoms with Gasteiger partial charge >= 0.3 is 0 Å². The maximum Gasteiger partial charge on any atom is 0.234 e. The highest BCUT2D eigenvalue weighted by Crippen LogP contribution is 2.26. The average molecular weight is 329 g/mol. The van der Waals surface area contributed by atoms with Gasteiger partial charge in [0.25, 0.3) is 0 Å². The number of benzene rings is 1. The standard InChI is InChI=1S/C12H10BrFN2O3/c1-18-6-8(17)5-11-15-12(16-19-11)9-3-2-7(14)4-10(9)13/h2-4H,5-6H2,1H3. The molecule has 19 heavy (non-hydrogen) atoms. The highest BCUT2D eigenvalue weighted by molar-refractivity contribution is 9.10. The molecule has 0 saturated heterocycles. The first-order valence-electron chi connectivity index (χ1n) is 5.39. The molecule has 100 valence electrons. The summed E-state index contributed by atoms with van der Waals surface area (Å²) in [6.07, 6.45) is 0.0135. The van der Waals surface area contributed by atoms with Crippen LogP contribution in [0.15, 0.2) is 27.2 Å². The van der Waals surface area contributed by atoms with Gasteiger partial charge in [0.1, 0.15) is 12.4 Å². The summed E-state index contributed by atoms with van der Waals surface area (Å²) in [4.78, 5) is 15.4. The summed E-state index contributed by atoms with van der Waals surface area (Å²) in [5.74, 6) is -0.0224. The van der Waals surface area contributed by atoms with Crippen LogP contribution in [0.3, 0.4) is 0 Å². The summed E-state index contributed by atoms with van der Waals surface area (Å²) < 4.78 is 23.2. The fraction of sp³-hybridized carbons (Fsp3) is 0.250. The highest BCUT2D eigenvalue weighted by atomic mass is 79.9. The monoisotopic (exact) mass is 328 g/mol. The average Bonchev–Trinajstić information content (AvgIpc) is 2.77. The van der Waals surface area contributed by atoms with E-state index in [0.717, 1.165) is 0 Å². The predicted octanol–water partition coefficient (Wildman–Crippen LogP) is 2.40. The lowest BCUT2D eigenvalue weighted by atomic mass is 10.2. The van der Waals surface area contributed by atoms with Gasteiger partial charge in [0.15, 0.2) is 5.78 Å². The molecule has 0 unspecified atom stereocenters. The van der Waals surface area contributed by atoms with Crippen molar-refractivity contribution in [1.82, 2.24) is 10.1 Å². The third-order valence-electron chi connectivity index (χ3n) is 2.29. The highest BCUT2D eigenvalue weighted by Gasteiger charge is 2.14. The summed E-state index contributed by atoms with van der Waals surface area (Å²) in [5, 5.41) is 3.76. The van der Waals surface area contributed by atoms with E-state index in [1.807, 2.05) is 0 Å². The van der Waals surface area contributed by atoms with Crippen LogP contribution in [0.1, 0.15) is 5.89 Å². The van der Waals surface area contributed by atoms with Crippen LogP contribution in [-0.2, 0) is 16.0 Å². The molecule has 0 atom stereocenters. The van der Waals surface area contributed by atoms with Crippen LogP contribution >= 0.6 is 15.9 Å². The van der Waals surface area contributed by atoms with Gasteiger partial charge in [0.05, 0.1) is 6.42 Å². The Morgan fingerprint density at radius 3 is 3.00 bits per heavy atom. The van der Waals surface area contributed by atoms with Crippen molar-refractivity contribution in [3.05, 3.63) is 34.4 Å². The molecule has 2 rings (SSSR count). The van der Waals surface area contributed by atoms with E-state index in [1.165, 1.54) is 25.3 Å². The van der Waals surface area contributed by atoms with Crippen molar-refractivity contribution in [2.45, 2.75) is 6.42 Å². The number of hydrogen-bond acceptors (Lipinski definition) is 5. The fourth-order valence-electron chi connectivity index (χ4n) is 1.49. The molecular formula is C12H10BrFN2O3. The molecule has 7 heteroatoms. The minimum absolute atomic E-state index is 0.00203. The molecule has 0 spiro atoms. The molecule has 0 aliphatic rings. The van der Waals surface area contributed by atoms with Crippen LogP contribution in [0.5, 0.6) is 0 Å². The van der Waals surface area contributed by atoms with E-state index < -0.39 is 0 Å². The van der Waals surface area contributed by atoms with Crippen LogP contribution < -0.4 is 0 Å². The van der Waals surface area contributed by atoms with E-state index in [4.69, 9.17) is 9.26 Å². The Hall–Kier alpha value is -1.60. The number of ether oxygens (including phenoxy) is 1. The molecule has 1 heterocycles. The summed E-state index contributed by atoms with van der Waals surface area (Å²) in [5.41, 5.74) is 0.593. The number of ketones is 1. The van der Waals surface area contributed by atoms with Gasteiger partial charge in [-0.2, -0.15) is 4.98 Å². The molecule has 0 radical (unpaired) electrons. The van der Waals surface area contributed by atoms with Crippen LogP contribution in [0.25, 0.3) is 11.4 Å². The van der Waals surface area contributed by atoms with E-state index in [-0.39, 0.29) is 30.5 Å². The van der Waals surface area contributed by atoms with E-state index in [2.05, 4.69) is 26.1 Å². The Balaban J connectivity index is 2.18. The smallest absolute Gasteiger partial charge is 0.234 e. The topological polar surface area (TPSA) is 65.2 Å². The van der Waals surface area contributed by atoms with Crippen molar-refractivity contribution >= 4 is 21.7 Å². The van der Waals surface area contributed by atoms with E-state index >= 15 is 0 Å². The van der Waals surface area contributed by atoms with Crippen molar-refractivity contribution in [1.29, 1.82) is 0 Å². The Morgan fingerprint density at radius 1 is 1.53 bits per heavy atom. The normalized spacial score (nSPS) is 10.7. The van der Waals surface area contributed by atoms with Gasteiger partial charge < -0.3 is 9.26 Å². The number of hydrogen-bond donors (Lipinski definition) is 0. The number of nitrogens with zero attached hydrogens (tertiary/aromatic N) is 2. The third-order valence-corrected chi connectivity index (χ3v) is 2.95. The second-order valence-corrected chi connectivity index (χ2v) is 4.64. The summed E-state index contributed by atoms with van der Waals surface area (Å²) in [6, 6.07) is 4.14. The number of rotatable bonds is 5. The Labute approximate surface area is 116 Å². The maximum atomic E-state index is 13.0. The predicted molar refractivity (Wildman–Crippen MR) is 68.0 cm³/mol. The van der Waals surface area contributed by atoms with Crippen molar-refractivity contribution in [3.8, 4) is 11.4 Å². The van der Waals surface area contributed by atoms with Crippen LogP contribution in [0.2, 0.25) is 0 Å². The third kappa shape index (κ3) is 3.45. The number of Topliss-reactive ketones (excluding diaryl/α,β-unsaturated/α-hetero) is 1. The Kier molecular flexibility index (Phi) is 4.39. The lowest BCUT2D eigenvalue weighted by Crippen LogP contribution is -2.09. The van der Waals surface area contributed by atoms with Gasteiger partial charge in [-0.1, -0.05) is 5.16 Å². The minimum atomic E-state index is -0.366. The number of methoxy groups -OCH3 is 1. The van der Waals surface area contributed by atoms with Gasteiger partial charge in [-0.15, -0.1) is 0 Å². The zero-order valence-electron chi connectivity index (χ0n) is 10.0. The molecule has 0 amide bonds. The first-order valence-corrected chi connectivity index (χ1v) is 6.18. The number of halogens is 2. The first-order chi connectivity index (χ1) is 9.10. The van der Waals surface area contributed by atoms with Gasteiger partial charge in [-0.05, 0) is 34.1 Å². The summed E-state index contributed by atoms with van der Waals surface area (Å²) in [6.45, 7) is -0.00203. The van der Waals surface area contributed by atoms with Crippen molar-refractivity contribution in [2.75, 3.05) is 13.7 Å². The number of aromatic nitrogens is 2. The molecule has 5 nitrogen and oxygen atoms in total. The van der Waals surface area contributed by atoms with Crippen molar-refractivity contribution in [2.24, 2.45) is 0 Å². The molecule has 0 aliphatic carbocycles. The van der Waals surface area contributed by atoms with E-state index in [9.17, 15) is 9.18 Å². The maximum absolute atomic E-state index is 13.0. The molecule has 0 N–H and O–H groups in total. The molecule has 1 aromatic carbocycles. The Morgan fingerprint density at radius 2 is 2.32 bits per heavy atom. The van der Waals surface area contributed by atoms with E-state index in [0.29, 0.717) is 15.9 Å². The summed E-state index contributed by atoms with van der Waals surface area (Å²) in [7, 11) is 1.44. The number of carbonyl (C=O) groups excluding carboxylic acids is 1.